The number of carbonyl (C=O) groups excluding carboxylic acids is 1. The average Bonchev–Trinajstić information content (AvgIpc) is 2.27. The van der Waals surface area contributed by atoms with Gasteiger partial charge < -0.3 is 14.9 Å². The number of benzene rings is 1. The van der Waals surface area contributed by atoms with E-state index in [4.69, 9.17) is 5.11 Å². The molecule has 80 valence electrons. The molecule has 0 saturated carbocycles. The van der Waals surface area contributed by atoms with Crippen LogP contribution in [0.1, 0.15) is 32.6 Å². The third-order valence-corrected chi connectivity index (χ3v) is 1.95. The molecule has 0 spiro atoms. The molecule has 1 unspecified atom stereocenters. The fourth-order valence-corrected chi connectivity index (χ4v) is 1.16. The van der Waals surface area contributed by atoms with E-state index < -0.39 is 12.3 Å². The molecule has 2 N–H and O–H groups in total. The van der Waals surface area contributed by atoms with Gasteiger partial charge in [-0.3, -0.25) is 4.79 Å². The lowest BCUT2D eigenvalue weighted by Crippen LogP contribution is -2.06. The highest BCUT2D eigenvalue weighted by molar-refractivity contribution is 5.90. The normalized spacial score (nSPS) is 12.1. The molecule has 0 aliphatic heterocycles. The van der Waals surface area contributed by atoms with Crippen LogP contribution in [0.25, 0.3) is 0 Å². The summed E-state index contributed by atoms with van der Waals surface area (Å²) in [6.07, 6.45) is -0.752. The Morgan fingerprint density at radius 2 is 2.20 bits per heavy atom. The predicted molar refractivity (Wildman–Crippen MR) is 50.8 cm³/mol. The van der Waals surface area contributed by atoms with Crippen LogP contribution in [0.4, 0.5) is 0 Å². The Morgan fingerprint density at radius 1 is 1.53 bits per heavy atom. The van der Waals surface area contributed by atoms with Crippen molar-refractivity contribution in [2.75, 3.05) is 7.11 Å². The molecule has 1 rings (SSSR count). The summed E-state index contributed by atoms with van der Waals surface area (Å²) in [7, 11) is 1.28. The highest BCUT2D eigenvalue weighted by atomic mass is 16.6. The van der Waals surface area contributed by atoms with Crippen molar-refractivity contribution in [1.82, 2.24) is 0 Å². The molecule has 0 radical (unpaired) electrons. The minimum Gasteiger partial charge on any atom is -0.478 e. The number of aromatic carboxylic acids is 1. The number of carboxylic acid groups (broad SMARTS) is 1. The number of rotatable bonds is 4. The number of aliphatic hydroxyl groups is 1. The van der Waals surface area contributed by atoms with Gasteiger partial charge in [0.15, 0.2) is 12.6 Å². The topological polar surface area (TPSA) is 83.8 Å². The molecule has 0 heterocycles. The van der Waals surface area contributed by atoms with Crippen molar-refractivity contribution in [2.24, 2.45) is 0 Å². The molecule has 5 heteroatoms. The summed E-state index contributed by atoms with van der Waals surface area (Å²) in [5, 5.41) is 18.0. The van der Waals surface area contributed by atoms with Crippen molar-refractivity contribution in [1.29, 1.82) is 0 Å². The largest absolute Gasteiger partial charge is 0.478 e. The number of carbonyl (C=O) groups is 2. The Hall–Kier alpha value is -1.72. The van der Waals surface area contributed by atoms with Crippen LogP contribution in [0.15, 0.2) is 18.2 Å². The lowest BCUT2D eigenvalue weighted by molar-refractivity contribution is -0.0771. The highest BCUT2D eigenvalue weighted by Crippen LogP contribution is 2.18. The van der Waals surface area contributed by atoms with Gasteiger partial charge in [-0.05, 0) is 12.1 Å². The fraction of sp³-hybridized carbons (Fsp3) is 0.200. The van der Waals surface area contributed by atoms with Gasteiger partial charge in [0.2, 0.25) is 0 Å². The molecule has 0 amide bonds. The van der Waals surface area contributed by atoms with E-state index in [2.05, 4.69) is 4.74 Å². The van der Waals surface area contributed by atoms with E-state index in [0.29, 0.717) is 6.29 Å². The maximum absolute atomic E-state index is 10.7. The van der Waals surface area contributed by atoms with Crippen molar-refractivity contribution < 1.29 is 24.5 Å². The molecule has 1 atom stereocenters. The average molecular weight is 210 g/mol. The molecular weight excluding hydrogens is 200 g/mol. The minimum atomic E-state index is -1.23. The molecule has 5 nitrogen and oxygen atoms in total. The Kier molecular flexibility index (Phi) is 3.54. The lowest BCUT2D eigenvalue weighted by atomic mass is 10.0. The van der Waals surface area contributed by atoms with Gasteiger partial charge in [-0.25, -0.2) is 4.79 Å². The molecule has 0 fully saturated rings. The Labute approximate surface area is 85.9 Å². The first kappa shape index (κ1) is 11.4. The van der Waals surface area contributed by atoms with Crippen LogP contribution in [-0.2, 0) is 4.74 Å². The van der Waals surface area contributed by atoms with Gasteiger partial charge >= 0.3 is 5.97 Å². The quantitative estimate of drug-likeness (QED) is 0.568. The number of carboxylic acids is 1. The van der Waals surface area contributed by atoms with Crippen LogP contribution < -0.4 is 0 Å². The maximum Gasteiger partial charge on any atom is 0.335 e. The molecule has 0 saturated heterocycles. The third kappa shape index (κ3) is 2.39. The molecule has 0 bridgehead atoms. The first-order valence-corrected chi connectivity index (χ1v) is 4.13. The lowest BCUT2D eigenvalue weighted by Gasteiger charge is -2.11. The SMILES string of the molecule is COC(O)c1ccc(C(=O)O)cc1C=O. The number of hydrogen-bond donors (Lipinski definition) is 2. The smallest absolute Gasteiger partial charge is 0.335 e. The van der Waals surface area contributed by atoms with Crippen molar-refractivity contribution in [3.8, 4) is 0 Å². The van der Waals surface area contributed by atoms with E-state index >= 15 is 0 Å². The number of aliphatic hydroxyl groups excluding tert-OH is 1. The zero-order valence-electron chi connectivity index (χ0n) is 8.01. The summed E-state index contributed by atoms with van der Waals surface area (Å²) in [6, 6.07) is 3.83. The van der Waals surface area contributed by atoms with Gasteiger partial charge in [-0.15, -0.1) is 0 Å². The number of hydrogen-bond acceptors (Lipinski definition) is 4. The van der Waals surface area contributed by atoms with Crippen LogP contribution in [0.3, 0.4) is 0 Å². The van der Waals surface area contributed by atoms with Crippen molar-refractivity contribution in [3.63, 3.8) is 0 Å². The molecular formula is C10H10O5. The van der Waals surface area contributed by atoms with E-state index in [1.165, 1.54) is 25.3 Å². The standard InChI is InChI=1S/C10H10O5/c1-15-10(14)8-3-2-6(9(12)13)4-7(8)5-11/h2-5,10,14H,1H3,(H,12,13). The predicted octanol–water partition coefficient (Wildman–Crippen LogP) is 0.835. The number of ether oxygens (including phenoxy) is 1. The maximum atomic E-state index is 10.7. The van der Waals surface area contributed by atoms with Crippen LogP contribution in [0.5, 0.6) is 0 Å². The summed E-state index contributed by atoms with van der Waals surface area (Å²) in [6.45, 7) is 0. The zero-order chi connectivity index (χ0) is 11.4. The second kappa shape index (κ2) is 4.68. The van der Waals surface area contributed by atoms with E-state index in [9.17, 15) is 14.7 Å². The van der Waals surface area contributed by atoms with Crippen molar-refractivity contribution in [2.45, 2.75) is 6.29 Å². The van der Waals surface area contributed by atoms with Gasteiger partial charge in [0.1, 0.15) is 0 Å². The van der Waals surface area contributed by atoms with Crippen LogP contribution in [0.2, 0.25) is 0 Å². The van der Waals surface area contributed by atoms with Gasteiger partial charge in [0.05, 0.1) is 5.56 Å². The third-order valence-electron chi connectivity index (χ3n) is 1.95. The first-order chi connectivity index (χ1) is 7.10. The summed E-state index contributed by atoms with van der Waals surface area (Å²) < 4.78 is 4.63. The van der Waals surface area contributed by atoms with Crippen LogP contribution >= 0.6 is 0 Å². The first-order valence-electron chi connectivity index (χ1n) is 4.13. The molecule has 1 aromatic carbocycles. The highest BCUT2D eigenvalue weighted by Gasteiger charge is 2.13. The van der Waals surface area contributed by atoms with Crippen molar-refractivity contribution >= 4 is 12.3 Å². The summed E-state index contributed by atoms with van der Waals surface area (Å²) in [4.78, 5) is 21.3. The van der Waals surface area contributed by atoms with Gasteiger partial charge in [-0.2, -0.15) is 0 Å². The van der Waals surface area contributed by atoms with Crippen LogP contribution in [0, 0.1) is 0 Å². The van der Waals surface area contributed by atoms with Gasteiger partial charge in [0, 0.05) is 18.2 Å². The fourth-order valence-electron chi connectivity index (χ4n) is 1.16. The Bertz CT molecular complexity index is 385. The van der Waals surface area contributed by atoms with E-state index in [-0.39, 0.29) is 16.7 Å². The molecule has 0 aliphatic carbocycles. The van der Waals surface area contributed by atoms with E-state index in [0.717, 1.165) is 0 Å². The van der Waals surface area contributed by atoms with Crippen LogP contribution in [-0.4, -0.2) is 29.6 Å². The van der Waals surface area contributed by atoms with Gasteiger partial charge in [0.25, 0.3) is 0 Å². The zero-order valence-corrected chi connectivity index (χ0v) is 8.01. The molecule has 15 heavy (non-hydrogen) atoms. The second-order valence-corrected chi connectivity index (χ2v) is 2.85. The van der Waals surface area contributed by atoms with E-state index in [1.807, 2.05) is 0 Å². The van der Waals surface area contributed by atoms with Crippen molar-refractivity contribution in [3.05, 3.63) is 34.9 Å². The number of aldehydes is 1. The van der Waals surface area contributed by atoms with E-state index in [1.54, 1.807) is 0 Å². The summed E-state index contributed by atoms with van der Waals surface area (Å²) >= 11 is 0. The molecule has 1 aromatic rings. The molecule has 0 aliphatic rings. The van der Waals surface area contributed by atoms with Gasteiger partial charge in [-0.1, -0.05) is 6.07 Å². The Balaban J connectivity index is 3.20. The Morgan fingerprint density at radius 3 is 2.67 bits per heavy atom. The number of methoxy groups -OCH3 is 1. The second-order valence-electron chi connectivity index (χ2n) is 2.85. The molecule has 0 aromatic heterocycles. The monoisotopic (exact) mass is 210 g/mol. The summed E-state index contributed by atoms with van der Waals surface area (Å²) in [5.41, 5.74) is 0.339. The summed E-state index contributed by atoms with van der Waals surface area (Å²) in [5.74, 6) is -1.13. The minimum absolute atomic E-state index is 0.0100.